The molecule has 0 spiro atoms. The van der Waals surface area contributed by atoms with Gasteiger partial charge in [-0.25, -0.2) is 0 Å². The third-order valence-electron chi connectivity index (χ3n) is 4.12. The molecule has 0 atom stereocenters. The Labute approximate surface area is 130 Å². The molecule has 0 bridgehead atoms. The fourth-order valence-electron chi connectivity index (χ4n) is 2.98. The average Bonchev–Trinajstić information content (AvgIpc) is 2.53. The van der Waals surface area contributed by atoms with Crippen LogP contribution in [0.1, 0.15) is 24.0 Å². The lowest BCUT2D eigenvalue weighted by atomic mass is 9.99. The minimum absolute atomic E-state index is 0.0648. The molecule has 22 heavy (non-hydrogen) atoms. The number of hydrogen-bond donors (Lipinski definition) is 0. The molecule has 1 amide bonds. The van der Waals surface area contributed by atoms with Crippen molar-refractivity contribution < 1.29 is 4.79 Å². The van der Waals surface area contributed by atoms with E-state index in [0.29, 0.717) is 13.0 Å². The summed E-state index contributed by atoms with van der Waals surface area (Å²) in [6.07, 6.45) is 4.09. The van der Waals surface area contributed by atoms with E-state index in [1.165, 1.54) is 17.2 Å². The molecular weight excluding hydrogens is 276 g/mol. The summed E-state index contributed by atoms with van der Waals surface area (Å²) in [4.78, 5) is 26.1. The molecule has 0 saturated heterocycles. The largest absolute Gasteiger partial charge is 0.315 e. The Hall–Kier alpha value is -2.36. The smallest absolute Gasteiger partial charge is 0.250 e. The SMILES string of the molecule is Cc1ccc2c(c1)CCCN2C(=O)CCn1ccccc1=O. The summed E-state index contributed by atoms with van der Waals surface area (Å²) in [5, 5.41) is 0. The first-order valence-electron chi connectivity index (χ1n) is 7.70. The molecule has 2 heterocycles. The summed E-state index contributed by atoms with van der Waals surface area (Å²) < 4.78 is 1.58. The van der Waals surface area contributed by atoms with Crippen LogP contribution < -0.4 is 10.5 Å². The summed E-state index contributed by atoms with van der Waals surface area (Å²) in [6, 6.07) is 11.3. The zero-order valence-corrected chi connectivity index (χ0v) is 12.8. The number of hydrogen-bond acceptors (Lipinski definition) is 2. The number of nitrogens with zero attached hydrogens (tertiary/aromatic N) is 2. The van der Waals surface area contributed by atoms with Crippen LogP contribution in [0.5, 0.6) is 0 Å². The standard InChI is InChI=1S/C18H20N2O2/c1-14-7-8-16-15(13-14)5-4-11-20(16)18(22)9-12-19-10-3-2-6-17(19)21/h2-3,6-8,10,13H,4-5,9,11-12H2,1H3. The molecule has 0 unspecified atom stereocenters. The predicted molar refractivity (Wildman–Crippen MR) is 87.2 cm³/mol. The molecule has 4 nitrogen and oxygen atoms in total. The molecule has 114 valence electrons. The van der Waals surface area contributed by atoms with Gasteiger partial charge in [-0.1, -0.05) is 23.8 Å². The van der Waals surface area contributed by atoms with E-state index >= 15 is 0 Å². The van der Waals surface area contributed by atoms with Crippen molar-refractivity contribution in [1.82, 2.24) is 4.57 Å². The van der Waals surface area contributed by atoms with Crippen LogP contribution in [0.2, 0.25) is 0 Å². The zero-order valence-electron chi connectivity index (χ0n) is 12.8. The zero-order chi connectivity index (χ0) is 15.5. The number of amides is 1. The molecule has 1 aromatic carbocycles. The van der Waals surface area contributed by atoms with Gasteiger partial charge in [0.1, 0.15) is 0 Å². The summed E-state index contributed by atoms with van der Waals surface area (Å²) >= 11 is 0. The highest BCUT2D eigenvalue weighted by molar-refractivity contribution is 5.94. The maximum Gasteiger partial charge on any atom is 0.250 e. The van der Waals surface area contributed by atoms with Crippen molar-refractivity contribution in [3.8, 4) is 0 Å². The molecule has 0 aliphatic carbocycles. The van der Waals surface area contributed by atoms with Gasteiger partial charge in [-0.15, -0.1) is 0 Å². The molecule has 0 saturated carbocycles. The summed E-state index contributed by atoms with van der Waals surface area (Å²) in [6.45, 7) is 3.26. The molecule has 1 aliphatic heterocycles. The highest BCUT2D eigenvalue weighted by Crippen LogP contribution is 2.28. The molecule has 0 radical (unpaired) electrons. The minimum Gasteiger partial charge on any atom is -0.315 e. The number of anilines is 1. The number of carbonyl (C=O) groups is 1. The monoisotopic (exact) mass is 296 g/mol. The number of pyridine rings is 1. The van der Waals surface area contributed by atoms with Gasteiger partial charge in [-0.2, -0.15) is 0 Å². The quantitative estimate of drug-likeness (QED) is 0.873. The number of carbonyl (C=O) groups excluding carboxylic acids is 1. The summed E-state index contributed by atoms with van der Waals surface area (Å²) in [5.41, 5.74) is 3.44. The average molecular weight is 296 g/mol. The molecule has 0 fully saturated rings. The van der Waals surface area contributed by atoms with Gasteiger partial charge in [0.2, 0.25) is 5.91 Å². The van der Waals surface area contributed by atoms with Crippen LogP contribution in [-0.2, 0) is 17.8 Å². The third kappa shape index (κ3) is 2.96. The van der Waals surface area contributed by atoms with Gasteiger partial charge in [0, 0.05) is 37.5 Å². The highest BCUT2D eigenvalue weighted by Gasteiger charge is 2.22. The Bertz CT molecular complexity index is 749. The maximum absolute atomic E-state index is 12.5. The first-order valence-corrected chi connectivity index (χ1v) is 7.70. The molecule has 2 aromatic rings. The van der Waals surface area contributed by atoms with Crippen molar-refractivity contribution in [2.24, 2.45) is 0 Å². The second kappa shape index (κ2) is 6.18. The van der Waals surface area contributed by atoms with Crippen LogP contribution in [0.3, 0.4) is 0 Å². The number of aryl methyl sites for hydroxylation is 3. The van der Waals surface area contributed by atoms with Crippen molar-refractivity contribution >= 4 is 11.6 Å². The highest BCUT2D eigenvalue weighted by atomic mass is 16.2. The maximum atomic E-state index is 12.5. The Morgan fingerprint density at radius 3 is 2.91 bits per heavy atom. The van der Waals surface area contributed by atoms with Crippen LogP contribution >= 0.6 is 0 Å². The van der Waals surface area contributed by atoms with Crippen molar-refractivity contribution in [3.63, 3.8) is 0 Å². The Balaban J connectivity index is 1.74. The lowest BCUT2D eigenvalue weighted by Gasteiger charge is -2.30. The van der Waals surface area contributed by atoms with E-state index in [1.54, 1.807) is 16.8 Å². The Morgan fingerprint density at radius 2 is 2.09 bits per heavy atom. The van der Waals surface area contributed by atoms with E-state index in [1.807, 2.05) is 23.1 Å². The first-order chi connectivity index (χ1) is 10.6. The second-order valence-electron chi connectivity index (χ2n) is 5.76. The molecule has 0 N–H and O–H groups in total. The number of aromatic nitrogens is 1. The van der Waals surface area contributed by atoms with Crippen molar-refractivity contribution in [3.05, 3.63) is 64.1 Å². The van der Waals surface area contributed by atoms with Gasteiger partial charge in [0.05, 0.1) is 0 Å². The van der Waals surface area contributed by atoms with Gasteiger partial charge >= 0.3 is 0 Å². The van der Waals surface area contributed by atoms with Gasteiger partial charge in [-0.3, -0.25) is 9.59 Å². The number of rotatable bonds is 3. The van der Waals surface area contributed by atoms with Crippen LogP contribution in [0.25, 0.3) is 0 Å². The van der Waals surface area contributed by atoms with E-state index in [9.17, 15) is 9.59 Å². The normalized spacial score (nSPS) is 13.8. The predicted octanol–water partition coefficient (Wildman–Crippen LogP) is 2.53. The fourth-order valence-corrected chi connectivity index (χ4v) is 2.98. The van der Waals surface area contributed by atoms with Crippen molar-refractivity contribution in [1.29, 1.82) is 0 Å². The van der Waals surface area contributed by atoms with Crippen LogP contribution in [-0.4, -0.2) is 17.0 Å². The van der Waals surface area contributed by atoms with Crippen LogP contribution in [0.15, 0.2) is 47.4 Å². The van der Waals surface area contributed by atoms with E-state index in [4.69, 9.17) is 0 Å². The van der Waals surface area contributed by atoms with E-state index in [0.717, 1.165) is 25.1 Å². The lowest BCUT2D eigenvalue weighted by molar-refractivity contribution is -0.118. The topological polar surface area (TPSA) is 42.3 Å². The fraction of sp³-hybridized carbons (Fsp3) is 0.333. The second-order valence-corrected chi connectivity index (χ2v) is 5.76. The third-order valence-corrected chi connectivity index (χ3v) is 4.12. The van der Waals surface area contributed by atoms with E-state index in [-0.39, 0.29) is 11.5 Å². The molecule has 1 aromatic heterocycles. The van der Waals surface area contributed by atoms with Crippen molar-refractivity contribution in [2.45, 2.75) is 32.7 Å². The van der Waals surface area contributed by atoms with E-state index in [2.05, 4.69) is 13.0 Å². The Morgan fingerprint density at radius 1 is 1.23 bits per heavy atom. The molecule has 1 aliphatic rings. The van der Waals surface area contributed by atoms with Gasteiger partial charge in [0.25, 0.3) is 5.56 Å². The summed E-state index contributed by atoms with van der Waals surface area (Å²) in [7, 11) is 0. The minimum atomic E-state index is -0.0648. The van der Waals surface area contributed by atoms with Gasteiger partial charge in [0.15, 0.2) is 0 Å². The Kier molecular flexibility index (Phi) is 4.09. The number of fused-ring (bicyclic) bond motifs is 1. The molecule has 3 rings (SSSR count). The van der Waals surface area contributed by atoms with Gasteiger partial charge < -0.3 is 9.47 Å². The lowest BCUT2D eigenvalue weighted by Crippen LogP contribution is -2.36. The van der Waals surface area contributed by atoms with E-state index < -0.39 is 0 Å². The van der Waals surface area contributed by atoms with Crippen molar-refractivity contribution in [2.75, 3.05) is 11.4 Å². The van der Waals surface area contributed by atoms with Gasteiger partial charge in [-0.05, 0) is 37.5 Å². The van der Waals surface area contributed by atoms with Crippen LogP contribution in [0.4, 0.5) is 5.69 Å². The number of benzene rings is 1. The first kappa shape index (κ1) is 14.6. The summed E-state index contributed by atoms with van der Waals surface area (Å²) in [5.74, 6) is 0.0838. The molecular formula is C18H20N2O2. The molecule has 4 heteroatoms. The van der Waals surface area contributed by atoms with Crippen LogP contribution in [0, 0.1) is 6.92 Å².